The van der Waals surface area contributed by atoms with Crippen LogP contribution in [0.4, 0.5) is 0 Å². The lowest BCUT2D eigenvalue weighted by atomic mass is 9.74. The van der Waals surface area contributed by atoms with Gasteiger partial charge in [-0.1, -0.05) is 55.7 Å². The van der Waals surface area contributed by atoms with Gasteiger partial charge in [0.05, 0.1) is 5.41 Å². The molecule has 0 saturated heterocycles. The second-order valence-corrected chi connectivity index (χ2v) is 5.97. The maximum absolute atomic E-state index is 12.8. The monoisotopic (exact) mass is 270 g/mol. The molecule has 0 amide bonds. The van der Waals surface area contributed by atoms with E-state index in [-0.39, 0.29) is 5.41 Å². The van der Waals surface area contributed by atoms with Crippen molar-refractivity contribution in [1.29, 1.82) is 0 Å². The number of unbranched alkanes of at least 4 members (excludes halogenated alkanes) is 3. The minimum Gasteiger partial charge on any atom is -0.299 e. The fourth-order valence-electron chi connectivity index (χ4n) is 3.45. The summed E-state index contributed by atoms with van der Waals surface area (Å²) in [5.74, 6) is 0.472. The van der Waals surface area contributed by atoms with Crippen LogP contribution in [0.5, 0.6) is 0 Å². The van der Waals surface area contributed by atoms with E-state index in [1.165, 1.54) is 18.4 Å². The zero-order valence-corrected chi connectivity index (χ0v) is 12.4. The van der Waals surface area contributed by atoms with E-state index in [2.05, 4.69) is 30.8 Å². The average Bonchev–Trinajstić information content (AvgIpc) is 2.99. The Morgan fingerprint density at radius 2 is 1.80 bits per heavy atom. The Hall–Kier alpha value is -1.37. The summed E-state index contributed by atoms with van der Waals surface area (Å²) in [6.07, 6.45) is 11.6. The van der Waals surface area contributed by atoms with Crippen LogP contribution in [0.25, 0.3) is 0 Å². The van der Waals surface area contributed by atoms with Crippen LogP contribution in [-0.2, 0) is 10.2 Å². The third-order valence-electron chi connectivity index (χ3n) is 4.63. The normalized spacial score (nSPS) is 17.0. The van der Waals surface area contributed by atoms with Crippen molar-refractivity contribution in [3.63, 3.8) is 0 Å². The molecule has 0 heterocycles. The van der Waals surface area contributed by atoms with E-state index in [1.807, 2.05) is 12.1 Å². The molecule has 0 bridgehead atoms. The van der Waals surface area contributed by atoms with E-state index < -0.39 is 0 Å². The molecule has 1 aromatic carbocycles. The summed E-state index contributed by atoms with van der Waals surface area (Å²) in [7, 11) is 0. The molecule has 1 nitrogen and oxygen atoms in total. The van der Waals surface area contributed by atoms with Crippen LogP contribution in [0, 0.1) is 0 Å². The first-order valence-electron chi connectivity index (χ1n) is 7.99. The highest BCUT2D eigenvalue weighted by Gasteiger charge is 2.41. The first-order chi connectivity index (χ1) is 9.79. The fourth-order valence-corrected chi connectivity index (χ4v) is 3.45. The molecule has 1 aliphatic carbocycles. The van der Waals surface area contributed by atoms with E-state index in [9.17, 15) is 4.79 Å². The highest BCUT2D eigenvalue weighted by atomic mass is 16.1. The van der Waals surface area contributed by atoms with Gasteiger partial charge >= 0.3 is 0 Å². The molecular formula is C19H26O. The minimum atomic E-state index is -0.167. The molecule has 1 aliphatic rings. The van der Waals surface area contributed by atoms with Gasteiger partial charge in [-0.3, -0.25) is 4.79 Å². The van der Waals surface area contributed by atoms with Crippen LogP contribution in [0.3, 0.4) is 0 Å². The lowest BCUT2D eigenvalue weighted by molar-refractivity contribution is -0.124. The first kappa shape index (κ1) is 15.0. The zero-order valence-electron chi connectivity index (χ0n) is 12.4. The summed E-state index contributed by atoms with van der Waals surface area (Å²) in [5, 5.41) is 0. The van der Waals surface area contributed by atoms with Crippen molar-refractivity contribution in [3.8, 4) is 0 Å². The Bertz CT molecular complexity index is 426. The highest BCUT2D eigenvalue weighted by molar-refractivity contribution is 5.90. The van der Waals surface area contributed by atoms with Gasteiger partial charge < -0.3 is 0 Å². The smallest absolute Gasteiger partial charge is 0.143 e. The van der Waals surface area contributed by atoms with Gasteiger partial charge in [-0.2, -0.15) is 0 Å². The summed E-state index contributed by atoms with van der Waals surface area (Å²) in [5.41, 5.74) is 1.08. The molecule has 0 N–H and O–H groups in total. The first-order valence-corrected chi connectivity index (χ1v) is 7.99. The van der Waals surface area contributed by atoms with Gasteiger partial charge in [0.25, 0.3) is 0 Å². The molecule has 1 fully saturated rings. The third-order valence-corrected chi connectivity index (χ3v) is 4.63. The minimum absolute atomic E-state index is 0.167. The van der Waals surface area contributed by atoms with Gasteiger partial charge in [-0.25, -0.2) is 0 Å². The Kier molecular flexibility index (Phi) is 5.58. The predicted molar refractivity (Wildman–Crippen MR) is 84.9 cm³/mol. The molecule has 0 aromatic heterocycles. The summed E-state index contributed by atoms with van der Waals surface area (Å²) in [6, 6.07) is 10.4. The number of rotatable bonds is 8. The van der Waals surface area contributed by atoms with Crippen LogP contribution in [0.1, 0.15) is 63.4 Å². The SMILES string of the molecule is C=CCCCCCC(=O)C1(c2ccccc2)CCCC1. The molecule has 0 atom stereocenters. The van der Waals surface area contributed by atoms with Crippen LogP contribution in [-0.4, -0.2) is 5.78 Å². The van der Waals surface area contributed by atoms with E-state index in [0.29, 0.717) is 5.78 Å². The van der Waals surface area contributed by atoms with Crippen molar-refractivity contribution in [3.05, 3.63) is 48.6 Å². The van der Waals surface area contributed by atoms with Gasteiger partial charge in [0.2, 0.25) is 0 Å². The molecule has 1 heteroatoms. The van der Waals surface area contributed by atoms with Crippen molar-refractivity contribution >= 4 is 5.78 Å². The number of Topliss-reactive ketones (excluding diaryl/α,β-unsaturated/α-hetero) is 1. The molecule has 1 saturated carbocycles. The van der Waals surface area contributed by atoms with E-state index in [0.717, 1.165) is 44.9 Å². The number of carbonyl (C=O) groups is 1. The molecule has 0 spiro atoms. The molecule has 2 rings (SSSR count). The summed E-state index contributed by atoms with van der Waals surface area (Å²) in [6.45, 7) is 3.74. The van der Waals surface area contributed by atoms with E-state index >= 15 is 0 Å². The van der Waals surface area contributed by atoms with E-state index in [1.54, 1.807) is 0 Å². The van der Waals surface area contributed by atoms with Gasteiger partial charge in [0.15, 0.2) is 0 Å². The number of benzene rings is 1. The topological polar surface area (TPSA) is 17.1 Å². The van der Waals surface area contributed by atoms with Crippen molar-refractivity contribution in [2.24, 2.45) is 0 Å². The second kappa shape index (κ2) is 7.42. The maximum atomic E-state index is 12.8. The molecule has 0 aliphatic heterocycles. The number of allylic oxidation sites excluding steroid dienone is 1. The lowest BCUT2D eigenvalue weighted by Gasteiger charge is -2.28. The zero-order chi connectivity index (χ0) is 14.3. The Balaban J connectivity index is 1.98. The Labute approximate surface area is 123 Å². The van der Waals surface area contributed by atoms with Crippen molar-refractivity contribution in [2.75, 3.05) is 0 Å². The lowest BCUT2D eigenvalue weighted by Crippen LogP contribution is -2.32. The third kappa shape index (κ3) is 3.39. The Morgan fingerprint density at radius 1 is 1.10 bits per heavy atom. The number of hydrogen-bond acceptors (Lipinski definition) is 1. The van der Waals surface area contributed by atoms with Crippen LogP contribution < -0.4 is 0 Å². The van der Waals surface area contributed by atoms with Crippen molar-refractivity contribution in [2.45, 2.75) is 63.2 Å². The van der Waals surface area contributed by atoms with Crippen LogP contribution in [0.15, 0.2) is 43.0 Å². The van der Waals surface area contributed by atoms with Crippen LogP contribution in [0.2, 0.25) is 0 Å². The second-order valence-electron chi connectivity index (χ2n) is 5.97. The Morgan fingerprint density at radius 3 is 2.45 bits per heavy atom. The molecule has 1 aromatic rings. The number of hydrogen-bond donors (Lipinski definition) is 0. The van der Waals surface area contributed by atoms with Crippen molar-refractivity contribution < 1.29 is 4.79 Å². The van der Waals surface area contributed by atoms with Crippen molar-refractivity contribution in [1.82, 2.24) is 0 Å². The molecule has 20 heavy (non-hydrogen) atoms. The van der Waals surface area contributed by atoms with Gasteiger partial charge in [0, 0.05) is 6.42 Å². The quantitative estimate of drug-likeness (QED) is 0.468. The van der Waals surface area contributed by atoms with Crippen LogP contribution >= 0.6 is 0 Å². The highest BCUT2D eigenvalue weighted by Crippen LogP contribution is 2.42. The number of carbonyl (C=O) groups excluding carboxylic acids is 1. The molecule has 108 valence electrons. The summed E-state index contributed by atoms with van der Waals surface area (Å²) < 4.78 is 0. The standard InChI is InChI=1S/C19H26O/c1-2-3-4-5-9-14-18(20)19(15-10-11-16-19)17-12-7-6-8-13-17/h2,6-8,12-13H,1,3-5,9-11,14-16H2. The fraction of sp³-hybridized carbons (Fsp3) is 0.526. The average molecular weight is 270 g/mol. The predicted octanol–water partition coefficient (Wildman–Crippen LogP) is 5.20. The molecule has 0 radical (unpaired) electrons. The summed E-state index contributed by atoms with van der Waals surface area (Å²) >= 11 is 0. The van der Waals surface area contributed by atoms with Gasteiger partial charge in [-0.05, 0) is 37.7 Å². The maximum Gasteiger partial charge on any atom is 0.143 e. The molecular weight excluding hydrogens is 244 g/mol. The summed E-state index contributed by atoms with van der Waals surface area (Å²) in [4.78, 5) is 12.8. The van der Waals surface area contributed by atoms with Gasteiger partial charge in [0.1, 0.15) is 5.78 Å². The van der Waals surface area contributed by atoms with Gasteiger partial charge in [-0.15, -0.1) is 6.58 Å². The molecule has 0 unspecified atom stereocenters. The van der Waals surface area contributed by atoms with E-state index in [4.69, 9.17) is 0 Å². The largest absolute Gasteiger partial charge is 0.299 e. The number of ketones is 1.